The van der Waals surface area contributed by atoms with Gasteiger partial charge in [-0.25, -0.2) is 4.39 Å². The van der Waals surface area contributed by atoms with E-state index in [1.165, 1.54) is 29.8 Å². The lowest BCUT2D eigenvalue weighted by Gasteiger charge is -2.38. The lowest BCUT2D eigenvalue weighted by Crippen LogP contribution is -2.46. The van der Waals surface area contributed by atoms with Crippen molar-refractivity contribution in [2.24, 2.45) is 5.14 Å². The van der Waals surface area contributed by atoms with Gasteiger partial charge >= 0.3 is 0 Å². The van der Waals surface area contributed by atoms with Crippen molar-refractivity contribution in [1.29, 1.82) is 0 Å². The lowest BCUT2D eigenvalue weighted by atomic mass is 10.2. The van der Waals surface area contributed by atoms with Gasteiger partial charge in [0.15, 0.2) is 0 Å². The van der Waals surface area contributed by atoms with Crippen LogP contribution in [0.25, 0.3) is 0 Å². The Morgan fingerprint density at radius 2 is 1.48 bits per heavy atom. The Hall–Kier alpha value is -1.72. The first-order valence-corrected chi connectivity index (χ1v) is 7.87. The maximum Gasteiger partial charge on any atom is 0.123 e. The van der Waals surface area contributed by atoms with Gasteiger partial charge in [0.1, 0.15) is 5.82 Å². The first-order valence-electron chi connectivity index (χ1n) is 6.99. The molecule has 0 unspecified atom stereocenters. The van der Waals surface area contributed by atoms with Gasteiger partial charge in [-0.1, -0.05) is 12.1 Å². The summed E-state index contributed by atoms with van der Waals surface area (Å²) in [7, 11) is 0. The quantitative estimate of drug-likeness (QED) is 0.883. The van der Waals surface area contributed by atoms with Crippen molar-refractivity contribution in [2.75, 3.05) is 36.0 Å². The Labute approximate surface area is 128 Å². The maximum absolute atomic E-state index is 13.0. The molecule has 0 bridgehead atoms. The number of piperazine rings is 1. The molecule has 0 saturated carbocycles. The zero-order valence-electron chi connectivity index (χ0n) is 11.7. The second-order valence-electron chi connectivity index (χ2n) is 5.04. The molecule has 110 valence electrons. The zero-order valence-corrected chi connectivity index (χ0v) is 12.5. The van der Waals surface area contributed by atoms with Gasteiger partial charge in [0.05, 0.1) is 5.69 Å². The number of anilines is 2. The lowest BCUT2D eigenvalue weighted by molar-refractivity contribution is 0.624. The largest absolute Gasteiger partial charge is 0.368 e. The summed E-state index contributed by atoms with van der Waals surface area (Å²) in [6.07, 6.45) is 0. The van der Waals surface area contributed by atoms with Crippen LogP contribution in [0.5, 0.6) is 0 Å². The summed E-state index contributed by atoms with van der Waals surface area (Å²) >= 11 is 1.29. The molecule has 2 N–H and O–H groups in total. The second-order valence-corrected chi connectivity index (χ2v) is 5.71. The van der Waals surface area contributed by atoms with E-state index in [4.69, 9.17) is 5.14 Å². The van der Waals surface area contributed by atoms with Crippen LogP contribution in [-0.2, 0) is 0 Å². The third-order valence-electron chi connectivity index (χ3n) is 3.80. The first kappa shape index (κ1) is 14.2. The van der Waals surface area contributed by atoms with Crippen LogP contribution >= 0.6 is 11.9 Å². The molecule has 0 radical (unpaired) electrons. The SMILES string of the molecule is NSc1ccccc1N1CCN(c2ccc(F)cc2)CC1. The Bertz CT molecular complexity index is 595. The number of nitrogens with two attached hydrogens (primary N) is 1. The number of hydrogen-bond acceptors (Lipinski definition) is 4. The summed E-state index contributed by atoms with van der Waals surface area (Å²) in [5.74, 6) is -0.189. The van der Waals surface area contributed by atoms with Gasteiger partial charge in [-0.3, -0.25) is 5.14 Å². The average Bonchev–Trinajstić information content (AvgIpc) is 2.56. The number of hydrogen-bond donors (Lipinski definition) is 1. The summed E-state index contributed by atoms with van der Waals surface area (Å²) in [6, 6.07) is 14.9. The fraction of sp³-hybridized carbons (Fsp3) is 0.250. The molecule has 0 aliphatic carbocycles. The predicted octanol–water partition coefficient (Wildman–Crippen LogP) is 3.12. The van der Waals surface area contributed by atoms with E-state index in [1.54, 1.807) is 0 Å². The molecule has 3 nitrogen and oxygen atoms in total. The van der Waals surface area contributed by atoms with Gasteiger partial charge in [-0.05, 0) is 48.3 Å². The van der Waals surface area contributed by atoms with Crippen molar-refractivity contribution in [3.8, 4) is 0 Å². The molecule has 5 heteroatoms. The number of nitrogens with zero attached hydrogens (tertiary/aromatic N) is 2. The molecule has 1 aliphatic heterocycles. The first-order chi connectivity index (χ1) is 10.3. The Morgan fingerprint density at radius 1 is 0.857 bits per heavy atom. The smallest absolute Gasteiger partial charge is 0.123 e. The van der Waals surface area contributed by atoms with E-state index in [2.05, 4.69) is 15.9 Å². The van der Waals surface area contributed by atoms with Gasteiger partial charge < -0.3 is 9.80 Å². The van der Waals surface area contributed by atoms with E-state index in [-0.39, 0.29) is 5.82 Å². The standard InChI is InChI=1S/C16H18FN3S/c17-13-5-7-14(8-6-13)19-9-11-20(12-10-19)15-3-1-2-4-16(15)21-18/h1-8H,9-12,18H2. The average molecular weight is 303 g/mol. The third kappa shape index (κ3) is 3.14. The van der Waals surface area contributed by atoms with Crippen LogP contribution in [0.15, 0.2) is 53.4 Å². The monoisotopic (exact) mass is 303 g/mol. The summed E-state index contributed by atoms with van der Waals surface area (Å²) < 4.78 is 13.0. The molecule has 1 saturated heterocycles. The van der Waals surface area contributed by atoms with Crippen LogP contribution in [0, 0.1) is 5.82 Å². The number of benzene rings is 2. The van der Waals surface area contributed by atoms with Crippen LogP contribution in [0.3, 0.4) is 0 Å². The molecule has 0 atom stereocenters. The molecule has 1 aliphatic rings. The van der Waals surface area contributed by atoms with Gasteiger partial charge in [0.2, 0.25) is 0 Å². The van der Waals surface area contributed by atoms with Crippen molar-refractivity contribution in [3.05, 3.63) is 54.3 Å². The zero-order chi connectivity index (χ0) is 14.7. The van der Waals surface area contributed by atoms with Crippen molar-refractivity contribution in [3.63, 3.8) is 0 Å². The van der Waals surface area contributed by atoms with Gasteiger partial charge in [-0.15, -0.1) is 0 Å². The second kappa shape index (κ2) is 6.37. The van der Waals surface area contributed by atoms with Crippen LogP contribution in [0.4, 0.5) is 15.8 Å². The fourth-order valence-corrected chi connectivity index (χ4v) is 3.15. The Balaban J connectivity index is 1.69. The highest BCUT2D eigenvalue weighted by molar-refractivity contribution is 7.97. The summed E-state index contributed by atoms with van der Waals surface area (Å²) in [5.41, 5.74) is 2.28. The van der Waals surface area contributed by atoms with Crippen molar-refractivity contribution < 1.29 is 4.39 Å². The third-order valence-corrected chi connectivity index (χ3v) is 4.40. The molecular weight excluding hydrogens is 285 g/mol. The summed E-state index contributed by atoms with van der Waals surface area (Å²) in [4.78, 5) is 5.75. The van der Waals surface area contributed by atoms with E-state index < -0.39 is 0 Å². The Morgan fingerprint density at radius 3 is 2.14 bits per heavy atom. The van der Waals surface area contributed by atoms with Crippen LogP contribution in [-0.4, -0.2) is 26.2 Å². The van der Waals surface area contributed by atoms with Crippen LogP contribution in [0.1, 0.15) is 0 Å². The van der Waals surface area contributed by atoms with E-state index >= 15 is 0 Å². The molecule has 1 fully saturated rings. The van der Waals surface area contributed by atoms with Crippen LogP contribution < -0.4 is 14.9 Å². The molecule has 0 spiro atoms. The molecule has 1 heterocycles. The highest BCUT2D eigenvalue weighted by Gasteiger charge is 2.19. The molecular formula is C16H18FN3S. The van der Waals surface area contributed by atoms with E-state index in [0.717, 1.165) is 36.8 Å². The molecule has 0 amide bonds. The van der Waals surface area contributed by atoms with Gasteiger partial charge in [0.25, 0.3) is 0 Å². The van der Waals surface area contributed by atoms with Gasteiger partial charge in [0, 0.05) is 36.8 Å². The van der Waals surface area contributed by atoms with Crippen molar-refractivity contribution in [1.82, 2.24) is 0 Å². The summed E-state index contributed by atoms with van der Waals surface area (Å²) in [6.45, 7) is 3.73. The number of halogens is 1. The Kier molecular flexibility index (Phi) is 4.31. The molecule has 0 aromatic heterocycles. The van der Waals surface area contributed by atoms with Gasteiger partial charge in [-0.2, -0.15) is 0 Å². The maximum atomic E-state index is 13.0. The molecule has 2 aromatic rings. The van der Waals surface area contributed by atoms with E-state index in [9.17, 15) is 4.39 Å². The minimum Gasteiger partial charge on any atom is -0.368 e. The minimum absolute atomic E-state index is 0.189. The topological polar surface area (TPSA) is 32.5 Å². The van der Waals surface area contributed by atoms with E-state index in [0.29, 0.717) is 0 Å². The number of rotatable bonds is 3. The van der Waals surface area contributed by atoms with E-state index in [1.807, 2.05) is 30.3 Å². The van der Waals surface area contributed by atoms with Crippen LogP contribution in [0.2, 0.25) is 0 Å². The molecule has 21 heavy (non-hydrogen) atoms. The van der Waals surface area contributed by atoms with Crippen molar-refractivity contribution in [2.45, 2.75) is 4.90 Å². The number of para-hydroxylation sites is 1. The van der Waals surface area contributed by atoms with Crippen molar-refractivity contribution >= 4 is 23.3 Å². The highest BCUT2D eigenvalue weighted by Crippen LogP contribution is 2.28. The normalized spacial score (nSPS) is 15.3. The predicted molar refractivity (Wildman–Crippen MR) is 87.3 cm³/mol. The highest BCUT2D eigenvalue weighted by atomic mass is 32.2. The molecule has 2 aromatic carbocycles. The molecule has 3 rings (SSSR count). The summed E-state index contributed by atoms with van der Waals surface area (Å²) in [5, 5.41) is 5.73. The minimum atomic E-state index is -0.189. The fourth-order valence-electron chi connectivity index (χ4n) is 2.68.